The van der Waals surface area contributed by atoms with Gasteiger partial charge in [-0.15, -0.1) is 0 Å². The standard InChI is InChI=1S/C12H12ClN3O/c1-2-17-12-7-15-6-11(16-12)8-3-4-10(14)9(13)5-8/h3-7H,2,14H2,1H3. The minimum Gasteiger partial charge on any atom is -0.477 e. The molecule has 17 heavy (non-hydrogen) atoms. The highest BCUT2D eigenvalue weighted by molar-refractivity contribution is 6.33. The highest BCUT2D eigenvalue weighted by Crippen LogP contribution is 2.26. The Morgan fingerprint density at radius 3 is 2.88 bits per heavy atom. The molecular formula is C12H12ClN3O. The van der Waals surface area contributed by atoms with Crippen molar-refractivity contribution in [3.8, 4) is 17.1 Å². The number of benzene rings is 1. The zero-order chi connectivity index (χ0) is 12.3. The van der Waals surface area contributed by atoms with Crippen LogP contribution in [0.2, 0.25) is 5.02 Å². The van der Waals surface area contributed by atoms with Gasteiger partial charge in [0.2, 0.25) is 5.88 Å². The summed E-state index contributed by atoms with van der Waals surface area (Å²) in [6, 6.07) is 5.35. The van der Waals surface area contributed by atoms with Crippen molar-refractivity contribution in [3.63, 3.8) is 0 Å². The van der Waals surface area contributed by atoms with Gasteiger partial charge in [-0.25, -0.2) is 4.98 Å². The van der Waals surface area contributed by atoms with E-state index < -0.39 is 0 Å². The van der Waals surface area contributed by atoms with Gasteiger partial charge in [-0.1, -0.05) is 17.7 Å². The normalized spacial score (nSPS) is 10.2. The lowest BCUT2D eigenvalue weighted by atomic mass is 10.1. The van der Waals surface area contributed by atoms with Gasteiger partial charge in [-0.05, 0) is 19.1 Å². The van der Waals surface area contributed by atoms with Gasteiger partial charge >= 0.3 is 0 Å². The van der Waals surface area contributed by atoms with Gasteiger partial charge in [0.05, 0.1) is 35.4 Å². The summed E-state index contributed by atoms with van der Waals surface area (Å²) < 4.78 is 5.29. The molecular weight excluding hydrogens is 238 g/mol. The first-order valence-electron chi connectivity index (χ1n) is 5.21. The molecule has 1 heterocycles. The quantitative estimate of drug-likeness (QED) is 0.850. The van der Waals surface area contributed by atoms with Crippen molar-refractivity contribution in [1.29, 1.82) is 0 Å². The highest BCUT2D eigenvalue weighted by Gasteiger charge is 2.04. The SMILES string of the molecule is CCOc1cncc(-c2ccc(N)c(Cl)c2)n1. The Balaban J connectivity index is 2.38. The first kappa shape index (κ1) is 11.7. The lowest BCUT2D eigenvalue weighted by Gasteiger charge is -2.05. The number of aromatic nitrogens is 2. The molecule has 0 radical (unpaired) electrons. The number of hydrogen-bond acceptors (Lipinski definition) is 4. The summed E-state index contributed by atoms with van der Waals surface area (Å²) in [5.74, 6) is 0.498. The summed E-state index contributed by atoms with van der Waals surface area (Å²) in [5, 5.41) is 0.506. The van der Waals surface area contributed by atoms with Crippen LogP contribution in [0.1, 0.15) is 6.92 Å². The Hall–Kier alpha value is -1.81. The highest BCUT2D eigenvalue weighted by atomic mass is 35.5. The van der Waals surface area contributed by atoms with Gasteiger partial charge in [-0.2, -0.15) is 0 Å². The molecule has 5 heteroatoms. The van der Waals surface area contributed by atoms with E-state index in [0.29, 0.717) is 28.9 Å². The van der Waals surface area contributed by atoms with Crippen molar-refractivity contribution in [2.24, 2.45) is 0 Å². The van der Waals surface area contributed by atoms with Crippen LogP contribution in [-0.4, -0.2) is 16.6 Å². The zero-order valence-corrected chi connectivity index (χ0v) is 10.1. The van der Waals surface area contributed by atoms with Crippen LogP contribution >= 0.6 is 11.6 Å². The number of hydrogen-bond donors (Lipinski definition) is 1. The molecule has 0 bridgehead atoms. The predicted octanol–water partition coefficient (Wildman–Crippen LogP) is 2.78. The number of nitrogens with zero attached hydrogens (tertiary/aromatic N) is 2. The third-order valence-electron chi connectivity index (χ3n) is 2.20. The lowest BCUT2D eigenvalue weighted by Crippen LogP contribution is -1.96. The van der Waals surface area contributed by atoms with E-state index in [4.69, 9.17) is 22.1 Å². The number of halogens is 1. The maximum absolute atomic E-state index is 5.96. The fraction of sp³-hybridized carbons (Fsp3) is 0.167. The van der Waals surface area contributed by atoms with Crippen molar-refractivity contribution < 1.29 is 4.74 Å². The Morgan fingerprint density at radius 2 is 2.18 bits per heavy atom. The molecule has 0 aliphatic rings. The van der Waals surface area contributed by atoms with Crippen LogP contribution in [0.3, 0.4) is 0 Å². The van der Waals surface area contributed by atoms with Crippen molar-refractivity contribution in [2.45, 2.75) is 6.92 Å². The minimum atomic E-state index is 0.498. The van der Waals surface area contributed by atoms with Gasteiger partial charge in [0.1, 0.15) is 0 Å². The first-order valence-corrected chi connectivity index (χ1v) is 5.58. The predicted molar refractivity (Wildman–Crippen MR) is 68.1 cm³/mol. The van der Waals surface area contributed by atoms with Crippen molar-refractivity contribution in [2.75, 3.05) is 12.3 Å². The van der Waals surface area contributed by atoms with Gasteiger partial charge in [-0.3, -0.25) is 4.98 Å². The largest absolute Gasteiger partial charge is 0.477 e. The van der Waals surface area contributed by atoms with Crippen molar-refractivity contribution >= 4 is 17.3 Å². The Labute approximate surface area is 104 Å². The summed E-state index contributed by atoms with van der Waals surface area (Å²) in [6.07, 6.45) is 3.23. The van der Waals surface area contributed by atoms with E-state index in [9.17, 15) is 0 Å². The molecule has 1 aromatic carbocycles. The van der Waals surface area contributed by atoms with Crippen LogP contribution < -0.4 is 10.5 Å². The summed E-state index contributed by atoms with van der Waals surface area (Å²) in [7, 11) is 0. The van der Waals surface area contributed by atoms with Crippen molar-refractivity contribution in [3.05, 3.63) is 35.6 Å². The first-order chi connectivity index (χ1) is 8.20. The Kier molecular flexibility index (Phi) is 3.44. The van der Waals surface area contributed by atoms with Crippen LogP contribution in [0.15, 0.2) is 30.6 Å². The van der Waals surface area contributed by atoms with E-state index in [1.165, 1.54) is 0 Å². The molecule has 1 aromatic heterocycles. The topological polar surface area (TPSA) is 61.0 Å². The van der Waals surface area contributed by atoms with E-state index in [2.05, 4.69) is 9.97 Å². The van der Waals surface area contributed by atoms with Crippen LogP contribution in [0.4, 0.5) is 5.69 Å². The zero-order valence-electron chi connectivity index (χ0n) is 9.35. The molecule has 0 aliphatic carbocycles. The molecule has 2 N–H and O–H groups in total. The molecule has 4 nitrogen and oxygen atoms in total. The van der Waals surface area contributed by atoms with Gasteiger partial charge in [0, 0.05) is 5.56 Å². The second kappa shape index (κ2) is 5.01. The van der Waals surface area contributed by atoms with Crippen LogP contribution in [-0.2, 0) is 0 Å². The van der Waals surface area contributed by atoms with Gasteiger partial charge < -0.3 is 10.5 Å². The third kappa shape index (κ3) is 2.65. The average Bonchev–Trinajstić information content (AvgIpc) is 2.33. The fourth-order valence-corrected chi connectivity index (χ4v) is 1.57. The summed E-state index contributed by atoms with van der Waals surface area (Å²) in [5.41, 5.74) is 7.76. The second-order valence-electron chi connectivity index (χ2n) is 3.41. The minimum absolute atomic E-state index is 0.498. The molecule has 2 aromatic rings. The number of ether oxygens (including phenoxy) is 1. The second-order valence-corrected chi connectivity index (χ2v) is 3.82. The Bertz CT molecular complexity index is 531. The number of anilines is 1. The van der Waals surface area contributed by atoms with Crippen LogP contribution in [0, 0.1) is 0 Å². The van der Waals surface area contributed by atoms with E-state index >= 15 is 0 Å². The maximum atomic E-state index is 5.96. The molecule has 0 unspecified atom stereocenters. The molecule has 0 amide bonds. The van der Waals surface area contributed by atoms with Gasteiger partial charge in [0.15, 0.2) is 0 Å². The van der Waals surface area contributed by atoms with Crippen LogP contribution in [0.5, 0.6) is 5.88 Å². The van der Waals surface area contributed by atoms with Crippen molar-refractivity contribution in [1.82, 2.24) is 9.97 Å². The van der Waals surface area contributed by atoms with Crippen LogP contribution in [0.25, 0.3) is 11.3 Å². The number of rotatable bonds is 3. The molecule has 2 rings (SSSR count). The molecule has 0 saturated heterocycles. The third-order valence-corrected chi connectivity index (χ3v) is 2.53. The molecule has 0 atom stereocenters. The number of nitrogens with two attached hydrogens (primary N) is 1. The van der Waals surface area contributed by atoms with E-state index in [0.717, 1.165) is 5.56 Å². The average molecular weight is 250 g/mol. The number of nitrogen functional groups attached to an aromatic ring is 1. The van der Waals surface area contributed by atoms with E-state index in [1.54, 1.807) is 24.5 Å². The monoisotopic (exact) mass is 249 g/mol. The fourth-order valence-electron chi connectivity index (χ4n) is 1.39. The van der Waals surface area contributed by atoms with E-state index in [1.807, 2.05) is 13.0 Å². The smallest absolute Gasteiger partial charge is 0.232 e. The van der Waals surface area contributed by atoms with E-state index in [-0.39, 0.29) is 0 Å². The molecule has 0 fully saturated rings. The Morgan fingerprint density at radius 1 is 1.35 bits per heavy atom. The molecule has 0 aliphatic heterocycles. The molecule has 0 saturated carbocycles. The molecule has 88 valence electrons. The lowest BCUT2D eigenvalue weighted by molar-refractivity contribution is 0.325. The van der Waals surface area contributed by atoms with Gasteiger partial charge in [0.25, 0.3) is 0 Å². The summed E-state index contributed by atoms with van der Waals surface area (Å²) >= 11 is 5.96. The summed E-state index contributed by atoms with van der Waals surface area (Å²) in [4.78, 5) is 8.39. The molecule has 0 spiro atoms. The summed E-state index contributed by atoms with van der Waals surface area (Å²) in [6.45, 7) is 2.45. The maximum Gasteiger partial charge on any atom is 0.232 e.